The highest BCUT2D eigenvalue weighted by atomic mass is 79.9. The average Bonchev–Trinajstić information content (AvgIpc) is 2.67. The third-order valence-electron chi connectivity index (χ3n) is 2.14. The molecule has 0 amide bonds. The third kappa shape index (κ3) is 3.64. The van der Waals surface area contributed by atoms with Gasteiger partial charge >= 0.3 is 0 Å². The maximum absolute atomic E-state index is 12.2. The third-order valence-corrected chi connectivity index (χ3v) is 5.70. The molecule has 1 rings (SSSR count). The SMILES string of the molecule is CSCCN(C)S(=O)(=O)c1cc(CCl)oc1Br. The minimum Gasteiger partial charge on any atom is -0.452 e. The number of halogens is 2. The van der Waals surface area contributed by atoms with Crippen molar-refractivity contribution in [2.24, 2.45) is 0 Å². The van der Waals surface area contributed by atoms with E-state index in [1.807, 2.05) is 6.26 Å². The number of furan rings is 1. The van der Waals surface area contributed by atoms with Crippen LogP contribution in [0.25, 0.3) is 0 Å². The molecule has 0 spiro atoms. The van der Waals surface area contributed by atoms with Gasteiger partial charge in [0.15, 0.2) is 4.67 Å². The van der Waals surface area contributed by atoms with Crippen LogP contribution in [0.4, 0.5) is 0 Å². The van der Waals surface area contributed by atoms with Gasteiger partial charge in [0, 0.05) is 25.4 Å². The van der Waals surface area contributed by atoms with Gasteiger partial charge in [-0.25, -0.2) is 8.42 Å². The topological polar surface area (TPSA) is 50.5 Å². The Bertz CT molecular complexity index is 475. The Kier molecular flexibility index (Phi) is 5.85. The predicted molar refractivity (Wildman–Crippen MR) is 74.2 cm³/mol. The van der Waals surface area contributed by atoms with Gasteiger partial charge in [-0.3, -0.25) is 0 Å². The summed E-state index contributed by atoms with van der Waals surface area (Å²) in [5.74, 6) is 1.31. The summed E-state index contributed by atoms with van der Waals surface area (Å²) in [5.41, 5.74) is 0. The minimum absolute atomic E-state index is 0.122. The van der Waals surface area contributed by atoms with E-state index in [1.165, 1.54) is 10.4 Å². The van der Waals surface area contributed by atoms with Gasteiger partial charge in [-0.1, -0.05) is 0 Å². The summed E-state index contributed by atoms with van der Waals surface area (Å²) in [6.07, 6.45) is 1.93. The molecule has 1 aromatic heterocycles. The number of alkyl halides is 1. The monoisotopic (exact) mass is 361 g/mol. The molecule has 0 fully saturated rings. The van der Waals surface area contributed by atoms with Gasteiger partial charge in [0.1, 0.15) is 10.7 Å². The van der Waals surface area contributed by atoms with Gasteiger partial charge in [0.05, 0.1) is 5.88 Å². The van der Waals surface area contributed by atoms with Crippen molar-refractivity contribution in [1.29, 1.82) is 0 Å². The van der Waals surface area contributed by atoms with E-state index in [1.54, 1.807) is 18.8 Å². The molecule has 4 nitrogen and oxygen atoms in total. The summed E-state index contributed by atoms with van der Waals surface area (Å²) in [6, 6.07) is 1.45. The molecule has 1 heterocycles. The molecule has 0 aliphatic carbocycles. The second-order valence-electron chi connectivity index (χ2n) is 3.30. The Morgan fingerprint density at radius 3 is 2.71 bits per heavy atom. The summed E-state index contributed by atoms with van der Waals surface area (Å²) in [4.78, 5) is 0.122. The second kappa shape index (κ2) is 6.47. The zero-order chi connectivity index (χ0) is 13.1. The molecule has 0 saturated carbocycles. The number of nitrogens with zero attached hydrogens (tertiary/aromatic N) is 1. The van der Waals surface area contributed by atoms with Crippen LogP contribution in [0.2, 0.25) is 0 Å². The molecule has 0 saturated heterocycles. The van der Waals surface area contributed by atoms with Gasteiger partial charge in [-0.2, -0.15) is 16.1 Å². The standard InChI is InChI=1S/C9H13BrClNO3S2/c1-12(3-4-16-2)17(13,14)8-5-7(6-11)15-9(8)10/h5H,3-4,6H2,1-2H3. The number of thioether (sulfide) groups is 1. The maximum atomic E-state index is 12.2. The molecule has 0 bridgehead atoms. The van der Waals surface area contributed by atoms with Crippen LogP contribution in [-0.2, 0) is 15.9 Å². The smallest absolute Gasteiger partial charge is 0.247 e. The molecule has 0 N–H and O–H groups in total. The van der Waals surface area contributed by atoms with E-state index in [0.29, 0.717) is 12.3 Å². The first-order chi connectivity index (χ1) is 7.93. The Hall–Kier alpha value is 0.310. The second-order valence-corrected chi connectivity index (χ2v) is 7.29. The van der Waals surface area contributed by atoms with Crippen LogP contribution < -0.4 is 0 Å². The summed E-state index contributed by atoms with van der Waals surface area (Å²) in [6.45, 7) is 0.456. The van der Waals surface area contributed by atoms with Gasteiger partial charge in [0.25, 0.3) is 0 Å². The van der Waals surface area contributed by atoms with Crippen molar-refractivity contribution in [2.45, 2.75) is 10.8 Å². The maximum Gasteiger partial charge on any atom is 0.247 e. The van der Waals surface area contributed by atoms with Gasteiger partial charge in [-0.05, 0) is 22.2 Å². The van der Waals surface area contributed by atoms with E-state index in [-0.39, 0.29) is 15.4 Å². The first-order valence-corrected chi connectivity index (χ1v) is 8.89. The van der Waals surface area contributed by atoms with E-state index in [4.69, 9.17) is 16.0 Å². The zero-order valence-electron chi connectivity index (χ0n) is 9.44. The predicted octanol–water partition coefficient (Wildman–Crippen LogP) is 2.76. The summed E-state index contributed by atoms with van der Waals surface area (Å²) >= 11 is 10.3. The summed E-state index contributed by atoms with van der Waals surface area (Å²) in [7, 11) is -1.96. The van der Waals surface area contributed by atoms with Crippen molar-refractivity contribution >= 4 is 49.3 Å². The molecule has 98 valence electrons. The molecular weight excluding hydrogens is 350 g/mol. The van der Waals surface area contributed by atoms with Crippen LogP contribution in [0.3, 0.4) is 0 Å². The van der Waals surface area contributed by atoms with Crippen LogP contribution in [0.5, 0.6) is 0 Å². The molecule has 0 aliphatic heterocycles. The molecular formula is C9H13BrClNO3S2. The van der Waals surface area contributed by atoms with Crippen molar-refractivity contribution in [2.75, 3.05) is 25.6 Å². The first kappa shape index (κ1) is 15.4. The summed E-state index contributed by atoms with van der Waals surface area (Å²) < 4.78 is 31.0. The Balaban J connectivity index is 2.99. The normalized spacial score (nSPS) is 12.3. The van der Waals surface area contributed by atoms with E-state index in [9.17, 15) is 8.42 Å². The first-order valence-electron chi connectivity index (χ1n) is 4.73. The largest absolute Gasteiger partial charge is 0.452 e. The Labute approximate surface area is 119 Å². The Morgan fingerprint density at radius 1 is 1.59 bits per heavy atom. The molecule has 0 aromatic carbocycles. The molecule has 8 heteroatoms. The molecule has 0 unspecified atom stereocenters. The van der Waals surface area contributed by atoms with E-state index in [2.05, 4.69) is 15.9 Å². The lowest BCUT2D eigenvalue weighted by Gasteiger charge is -2.15. The van der Waals surface area contributed by atoms with Crippen molar-refractivity contribution in [3.8, 4) is 0 Å². The molecule has 0 aliphatic rings. The quantitative estimate of drug-likeness (QED) is 0.730. The molecule has 0 atom stereocenters. The van der Waals surface area contributed by atoms with Crippen LogP contribution in [-0.4, -0.2) is 38.3 Å². The van der Waals surface area contributed by atoms with E-state index in [0.717, 1.165) is 5.75 Å². The number of hydrogen-bond acceptors (Lipinski definition) is 4. The minimum atomic E-state index is -3.51. The highest BCUT2D eigenvalue weighted by Gasteiger charge is 2.26. The van der Waals surface area contributed by atoms with E-state index < -0.39 is 10.0 Å². The highest BCUT2D eigenvalue weighted by Crippen LogP contribution is 2.28. The van der Waals surface area contributed by atoms with Gasteiger partial charge < -0.3 is 4.42 Å². The zero-order valence-corrected chi connectivity index (χ0v) is 13.4. The average molecular weight is 363 g/mol. The van der Waals surface area contributed by atoms with Crippen molar-refractivity contribution in [1.82, 2.24) is 4.31 Å². The van der Waals surface area contributed by atoms with Crippen LogP contribution >= 0.6 is 39.3 Å². The fourth-order valence-electron chi connectivity index (χ4n) is 1.15. The number of hydrogen-bond donors (Lipinski definition) is 0. The molecule has 1 aromatic rings. The van der Waals surface area contributed by atoms with Crippen LogP contribution in [0, 0.1) is 0 Å². The molecule has 0 radical (unpaired) electrons. The highest BCUT2D eigenvalue weighted by molar-refractivity contribution is 9.10. The number of rotatable bonds is 6. The van der Waals surface area contributed by atoms with Gasteiger partial charge in [0.2, 0.25) is 10.0 Å². The lowest BCUT2D eigenvalue weighted by molar-refractivity contribution is 0.476. The van der Waals surface area contributed by atoms with Crippen molar-refractivity contribution in [3.05, 3.63) is 16.5 Å². The number of sulfonamides is 1. The fourth-order valence-corrected chi connectivity index (χ4v) is 3.98. The van der Waals surface area contributed by atoms with E-state index >= 15 is 0 Å². The van der Waals surface area contributed by atoms with Crippen LogP contribution in [0.1, 0.15) is 5.76 Å². The van der Waals surface area contributed by atoms with Crippen molar-refractivity contribution in [3.63, 3.8) is 0 Å². The summed E-state index contributed by atoms with van der Waals surface area (Å²) in [5, 5.41) is 0. The van der Waals surface area contributed by atoms with Crippen LogP contribution in [0.15, 0.2) is 20.0 Å². The fraction of sp³-hybridized carbons (Fsp3) is 0.556. The lowest BCUT2D eigenvalue weighted by Crippen LogP contribution is -2.29. The van der Waals surface area contributed by atoms with Crippen molar-refractivity contribution < 1.29 is 12.8 Å². The Morgan fingerprint density at radius 2 is 2.24 bits per heavy atom. The molecule has 17 heavy (non-hydrogen) atoms. The van der Waals surface area contributed by atoms with Gasteiger partial charge in [-0.15, -0.1) is 11.6 Å². The lowest BCUT2D eigenvalue weighted by atomic mass is 10.5.